The molecule has 5 nitrogen and oxygen atoms in total. The molecule has 0 bridgehead atoms. The largest absolute Gasteiger partial charge is 0.484 e. The van der Waals surface area contributed by atoms with Gasteiger partial charge in [0, 0.05) is 18.5 Å². The van der Waals surface area contributed by atoms with Crippen LogP contribution in [0.3, 0.4) is 0 Å². The van der Waals surface area contributed by atoms with Crippen molar-refractivity contribution in [1.29, 1.82) is 0 Å². The smallest absolute Gasteiger partial charge is 0.258 e. The van der Waals surface area contributed by atoms with E-state index >= 15 is 0 Å². The van der Waals surface area contributed by atoms with Crippen LogP contribution in [0.1, 0.15) is 64.4 Å². The Morgan fingerprint density at radius 1 is 1.26 bits per heavy atom. The first-order valence-electron chi connectivity index (χ1n) is 10.3. The zero-order valence-corrected chi connectivity index (χ0v) is 16.7. The van der Waals surface area contributed by atoms with E-state index in [1.54, 1.807) is 0 Å². The van der Waals surface area contributed by atoms with Gasteiger partial charge in [0.15, 0.2) is 6.61 Å². The summed E-state index contributed by atoms with van der Waals surface area (Å²) in [7, 11) is 0. The standard InChI is InChI=1S/C22H32N2O3/c1-4-15-11-21(25)24-20-12-17(7-10-19(15)20)23-22(26)13-27-18-8-5-16(6-9-18)14(2)3/h5-6,8-9,14-15,17,19-20H,4,7,10-13H2,1-3H3,(H,23,26)(H,24,25). The van der Waals surface area contributed by atoms with Crippen LogP contribution in [0, 0.1) is 11.8 Å². The van der Waals surface area contributed by atoms with E-state index < -0.39 is 0 Å². The maximum atomic E-state index is 12.3. The Morgan fingerprint density at radius 3 is 2.67 bits per heavy atom. The van der Waals surface area contributed by atoms with Gasteiger partial charge >= 0.3 is 0 Å². The van der Waals surface area contributed by atoms with Crippen LogP contribution in [0.25, 0.3) is 0 Å². The number of piperidine rings is 1. The SMILES string of the molecule is CCC1CC(=O)NC2CC(NC(=O)COc3ccc(C(C)C)cc3)CCC12. The van der Waals surface area contributed by atoms with E-state index in [0.29, 0.717) is 29.9 Å². The van der Waals surface area contributed by atoms with Crippen molar-refractivity contribution in [3.8, 4) is 5.75 Å². The molecule has 5 heteroatoms. The predicted octanol–water partition coefficient (Wildman–Crippen LogP) is 3.39. The number of benzene rings is 1. The highest BCUT2D eigenvalue weighted by molar-refractivity contribution is 5.78. The molecule has 1 aromatic rings. The summed E-state index contributed by atoms with van der Waals surface area (Å²) >= 11 is 0. The Bertz CT molecular complexity index is 656. The van der Waals surface area contributed by atoms with E-state index in [4.69, 9.17) is 4.74 Å². The third kappa shape index (κ3) is 5.02. The average molecular weight is 373 g/mol. The third-order valence-corrected chi connectivity index (χ3v) is 6.11. The first-order chi connectivity index (χ1) is 13.0. The molecule has 1 aliphatic carbocycles. The topological polar surface area (TPSA) is 67.4 Å². The monoisotopic (exact) mass is 372 g/mol. The summed E-state index contributed by atoms with van der Waals surface area (Å²) in [4.78, 5) is 24.2. The van der Waals surface area contributed by atoms with Gasteiger partial charge in [-0.2, -0.15) is 0 Å². The molecule has 0 radical (unpaired) electrons. The Morgan fingerprint density at radius 2 is 2.00 bits per heavy atom. The molecule has 3 rings (SSSR count). The van der Waals surface area contributed by atoms with Crippen LogP contribution in [0.15, 0.2) is 24.3 Å². The van der Waals surface area contributed by atoms with Gasteiger partial charge in [-0.3, -0.25) is 9.59 Å². The van der Waals surface area contributed by atoms with Crippen molar-refractivity contribution in [1.82, 2.24) is 10.6 Å². The summed E-state index contributed by atoms with van der Waals surface area (Å²) in [6, 6.07) is 8.21. The third-order valence-electron chi connectivity index (χ3n) is 6.11. The summed E-state index contributed by atoms with van der Waals surface area (Å²) in [6.45, 7) is 6.49. The van der Waals surface area contributed by atoms with Crippen molar-refractivity contribution in [3.63, 3.8) is 0 Å². The van der Waals surface area contributed by atoms with E-state index in [-0.39, 0.29) is 30.5 Å². The second-order valence-electron chi connectivity index (χ2n) is 8.30. The van der Waals surface area contributed by atoms with Crippen molar-refractivity contribution in [3.05, 3.63) is 29.8 Å². The molecule has 4 unspecified atom stereocenters. The molecule has 1 heterocycles. The van der Waals surface area contributed by atoms with E-state index in [9.17, 15) is 9.59 Å². The molecule has 2 fully saturated rings. The van der Waals surface area contributed by atoms with Crippen molar-refractivity contribution in [2.75, 3.05) is 6.61 Å². The van der Waals surface area contributed by atoms with E-state index in [0.717, 1.165) is 25.7 Å². The Balaban J connectivity index is 1.46. The molecule has 148 valence electrons. The van der Waals surface area contributed by atoms with Crippen LogP contribution in [0.4, 0.5) is 0 Å². The molecule has 0 spiro atoms. The molecule has 27 heavy (non-hydrogen) atoms. The second-order valence-corrected chi connectivity index (χ2v) is 8.30. The highest BCUT2D eigenvalue weighted by Gasteiger charge is 2.40. The minimum absolute atomic E-state index is 0.0234. The average Bonchev–Trinajstić information content (AvgIpc) is 2.65. The number of hydrogen-bond donors (Lipinski definition) is 2. The highest BCUT2D eigenvalue weighted by Crippen LogP contribution is 2.36. The van der Waals surface area contributed by atoms with Crippen LogP contribution >= 0.6 is 0 Å². The molecule has 2 aliphatic rings. The second kappa shape index (κ2) is 8.77. The first kappa shape index (κ1) is 19.7. The van der Waals surface area contributed by atoms with Gasteiger partial charge in [-0.25, -0.2) is 0 Å². The maximum Gasteiger partial charge on any atom is 0.258 e. The number of ether oxygens (including phenoxy) is 1. The molecule has 1 saturated heterocycles. The fraction of sp³-hybridized carbons (Fsp3) is 0.636. The van der Waals surface area contributed by atoms with Crippen molar-refractivity contribution >= 4 is 11.8 Å². The molecule has 4 atom stereocenters. The summed E-state index contributed by atoms with van der Waals surface area (Å²) in [6.07, 6.45) is 4.56. The lowest BCUT2D eigenvalue weighted by Gasteiger charge is -2.44. The number of hydrogen-bond acceptors (Lipinski definition) is 3. The highest BCUT2D eigenvalue weighted by atomic mass is 16.5. The molecular formula is C22H32N2O3. The van der Waals surface area contributed by atoms with Gasteiger partial charge in [-0.1, -0.05) is 39.3 Å². The Kier molecular flexibility index (Phi) is 6.40. The molecule has 2 N–H and O–H groups in total. The van der Waals surface area contributed by atoms with Crippen LogP contribution in [-0.2, 0) is 9.59 Å². The lowest BCUT2D eigenvalue weighted by atomic mass is 9.70. The lowest BCUT2D eigenvalue weighted by molar-refractivity contribution is -0.127. The van der Waals surface area contributed by atoms with Crippen LogP contribution in [0.2, 0.25) is 0 Å². The lowest BCUT2D eigenvalue weighted by Crippen LogP contribution is -2.55. The van der Waals surface area contributed by atoms with Crippen molar-refractivity contribution in [2.45, 2.75) is 70.9 Å². The maximum absolute atomic E-state index is 12.3. The van der Waals surface area contributed by atoms with Crippen LogP contribution < -0.4 is 15.4 Å². The van der Waals surface area contributed by atoms with Crippen molar-refractivity contribution < 1.29 is 14.3 Å². The molecule has 1 saturated carbocycles. The number of amides is 2. The minimum atomic E-state index is -0.0967. The zero-order chi connectivity index (χ0) is 19.4. The number of fused-ring (bicyclic) bond motifs is 1. The summed E-state index contributed by atoms with van der Waals surface area (Å²) in [5, 5.41) is 6.22. The molecule has 1 aliphatic heterocycles. The zero-order valence-electron chi connectivity index (χ0n) is 16.7. The fourth-order valence-corrected chi connectivity index (χ4v) is 4.52. The normalized spacial score (nSPS) is 27.6. The summed E-state index contributed by atoms with van der Waals surface area (Å²) < 4.78 is 5.62. The number of carbonyl (C=O) groups is 2. The van der Waals surface area contributed by atoms with Crippen LogP contribution in [-0.4, -0.2) is 30.5 Å². The number of nitrogens with one attached hydrogen (secondary N) is 2. The van der Waals surface area contributed by atoms with Crippen molar-refractivity contribution in [2.24, 2.45) is 11.8 Å². The van der Waals surface area contributed by atoms with Gasteiger partial charge in [-0.05, 0) is 54.7 Å². The van der Waals surface area contributed by atoms with Gasteiger partial charge in [0.1, 0.15) is 5.75 Å². The quantitative estimate of drug-likeness (QED) is 0.804. The minimum Gasteiger partial charge on any atom is -0.484 e. The number of rotatable bonds is 6. The van der Waals surface area contributed by atoms with Gasteiger partial charge in [0.05, 0.1) is 0 Å². The predicted molar refractivity (Wildman–Crippen MR) is 106 cm³/mol. The Labute approximate surface area is 162 Å². The van der Waals surface area contributed by atoms with Gasteiger partial charge in [0.2, 0.25) is 5.91 Å². The number of carbonyl (C=O) groups excluding carboxylic acids is 2. The van der Waals surface area contributed by atoms with Gasteiger partial charge in [-0.15, -0.1) is 0 Å². The molecular weight excluding hydrogens is 340 g/mol. The summed E-state index contributed by atoms with van der Waals surface area (Å²) in [5.74, 6) is 2.28. The molecule has 0 aromatic heterocycles. The van der Waals surface area contributed by atoms with E-state index in [2.05, 4.69) is 31.4 Å². The fourth-order valence-electron chi connectivity index (χ4n) is 4.52. The molecule has 1 aromatic carbocycles. The summed E-state index contributed by atoms with van der Waals surface area (Å²) in [5.41, 5.74) is 1.25. The molecule has 2 amide bonds. The first-order valence-corrected chi connectivity index (χ1v) is 10.3. The van der Waals surface area contributed by atoms with E-state index in [1.807, 2.05) is 24.3 Å². The Hall–Kier alpha value is -2.04. The van der Waals surface area contributed by atoms with Crippen LogP contribution in [0.5, 0.6) is 5.75 Å². The van der Waals surface area contributed by atoms with Gasteiger partial charge in [0.25, 0.3) is 5.91 Å². The van der Waals surface area contributed by atoms with E-state index in [1.165, 1.54) is 5.56 Å². The van der Waals surface area contributed by atoms with Gasteiger partial charge < -0.3 is 15.4 Å².